The highest BCUT2D eigenvalue weighted by atomic mass is 16.5. The number of nitrogens with one attached hydrogen (secondary N) is 2. The molecule has 4 rings (SSSR count). The highest BCUT2D eigenvalue weighted by molar-refractivity contribution is 5.89. The maximum Gasteiger partial charge on any atom is 0.319 e. The first-order valence-corrected chi connectivity index (χ1v) is 9.24. The van der Waals surface area contributed by atoms with Crippen LogP contribution in [-0.4, -0.2) is 38.4 Å². The van der Waals surface area contributed by atoms with E-state index in [2.05, 4.69) is 25.7 Å². The number of hydrogen-bond acceptors (Lipinski definition) is 5. The van der Waals surface area contributed by atoms with Gasteiger partial charge in [0.1, 0.15) is 12.4 Å². The first-order chi connectivity index (χ1) is 13.7. The molecule has 2 N–H and O–H groups in total. The highest BCUT2D eigenvalue weighted by Gasteiger charge is 2.28. The summed E-state index contributed by atoms with van der Waals surface area (Å²) in [7, 11) is 1.82. The van der Waals surface area contributed by atoms with E-state index < -0.39 is 0 Å². The van der Waals surface area contributed by atoms with Crippen molar-refractivity contribution in [2.45, 2.75) is 25.0 Å². The Kier molecular flexibility index (Phi) is 5.29. The third kappa shape index (κ3) is 4.17. The third-order valence-electron chi connectivity index (χ3n) is 4.67. The number of aryl methyl sites for hydroxylation is 1. The average Bonchev–Trinajstić information content (AvgIpc) is 3.16. The number of carbonyl (C=O) groups excluding carboxylic acids is 1. The van der Waals surface area contributed by atoms with Crippen molar-refractivity contribution in [3.8, 4) is 11.4 Å². The number of amides is 2. The quantitative estimate of drug-likeness (QED) is 0.728. The van der Waals surface area contributed by atoms with Crippen LogP contribution in [0.3, 0.4) is 0 Å². The molecule has 28 heavy (non-hydrogen) atoms. The number of pyridine rings is 1. The van der Waals surface area contributed by atoms with E-state index in [1.165, 1.54) is 0 Å². The molecule has 0 bridgehead atoms. The first kappa shape index (κ1) is 18.1. The summed E-state index contributed by atoms with van der Waals surface area (Å²) in [6.07, 6.45) is 6.74. The summed E-state index contributed by atoms with van der Waals surface area (Å²) in [6, 6.07) is 10.9. The summed E-state index contributed by atoms with van der Waals surface area (Å²) in [6.45, 7) is 0.690. The number of benzene rings is 1. The van der Waals surface area contributed by atoms with E-state index in [0.29, 0.717) is 18.1 Å². The molecule has 2 atom stereocenters. The van der Waals surface area contributed by atoms with Gasteiger partial charge in [0.2, 0.25) is 0 Å². The number of urea groups is 1. The maximum atomic E-state index is 12.5. The molecule has 8 nitrogen and oxygen atoms in total. The average molecular weight is 378 g/mol. The van der Waals surface area contributed by atoms with Gasteiger partial charge in [-0.25, -0.2) is 9.78 Å². The predicted octanol–water partition coefficient (Wildman–Crippen LogP) is 2.92. The second-order valence-corrected chi connectivity index (χ2v) is 6.74. The van der Waals surface area contributed by atoms with Gasteiger partial charge in [-0.05, 0) is 54.8 Å². The molecule has 2 amide bonds. The summed E-state index contributed by atoms with van der Waals surface area (Å²) < 4.78 is 7.56. The standard InChI is InChI=1S/C20H22N6O2/c1-26-13-22-19(25-26)15-4-6-16(7-5-15)23-20(27)24-17-3-2-12-28-18(17)14-8-10-21-11-9-14/h4-11,13,17-18H,2-3,12H2,1H3,(H2,23,24,27)/t17-,18+/m0/s1. The van der Waals surface area contributed by atoms with Gasteiger partial charge in [-0.15, -0.1) is 0 Å². The lowest BCUT2D eigenvalue weighted by Gasteiger charge is -2.32. The molecule has 2 aromatic heterocycles. The first-order valence-electron chi connectivity index (χ1n) is 9.24. The molecule has 1 aromatic carbocycles. The number of nitrogens with zero attached hydrogens (tertiary/aromatic N) is 4. The van der Waals surface area contributed by atoms with Gasteiger partial charge >= 0.3 is 6.03 Å². The Labute approximate surface area is 163 Å². The van der Waals surface area contributed by atoms with E-state index in [-0.39, 0.29) is 18.2 Å². The number of anilines is 1. The van der Waals surface area contributed by atoms with Crippen molar-refractivity contribution in [1.29, 1.82) is 0 Å². The van der Waals surface area contributed by atoms with Crippen LogP contribution in [0, 0.1) is 0 Å². The molecule has 0 spiro atoms. The summed E-state index contributed by atoms with van der Waals surface area (Å²) >= 11 is 0. The van der Waals surface area contributed by atoms with Gasteiger partial charge in [0.05, 0.1) is 6.04 Å². The fourth-order valence-corrected chi connectivity index (χ4v) is 3.32. The molecular formula is C20H22N6O2. The van der Waals surface area contributed by atoms with Crippen LogP contribution in [0.4, 0.5) is 10.5 Å². The van der Waals surface area contributed by atoms with Gasteiger partial charge in [-0.2, -0.15) is 5.10 Å². The number of aromatic nitrogens is 4. The number of rotatable bonds is 4. The Bertz CT molecular complexity index is 925. The molecule has 0 unspecified atom stereocenters. The van der Waals surface area contributed by atoms with Crippen LogP contribution < -0.4 is 10.6 Å². The van der Waals surface area contributed by atoms with Crippen LogP contribution in [0.15, 0.2) is 55.1 Å². The molecule has 3 aromatic rings. The van der Waals surface area contributed by atoms with E-state index >= 15 is 0 Å². The number of carbonyl (C=O) groups is 1. The SMILES string of the molecule is Cn1cnc(-c2ccc(NC(=O)N[C@H]3CCCO[C@@H]3c3ccncc3)cc2)n1. The van der Waals surface area contributed by atoms with Gasteiger partial charge in [0.15, 0.2) is 5.82 Å². The fraction of sp³-hybridized carbons (Fsp3) is 0.300. The van der Waals surface area contributed by atoms with Crippen molar-refractivity contribution >= 4 is 11.7 Å². The van der Waals surface area contributed by atoms with Crippen LogP contribution in [-0.2, 0) is 11.8 Å². The molecule has 1 aliphatic rings. The number of ether oxygens (including phenoxy) is 1. The summed E-state index contributed by atoms with van der Waals surface area (Å²) in [5.41, 5.74) is 2.62. The lowest BCUT2D eigenvalue weighted by Crippen LogP contribution is -2.44. The molecule has 0 radical (unpaired) electrons. The van der Waals surface area contributed by atoms with Crippen molar-refractivity contribution in [1.82, 2.24) is 25.1 Å². The minimum atomic E-state index is -0.252. The van der Waals surface area contributed by atoms with E-state index in [0.717, 1.165) is 24.0 Å². The molecule has 1 aliphatic heterocycles. The van der Waals surface area contributed by atoms with Crippen LogP contribution in [0.25, 0.3) is 11.4 Å². The normalized spacial score (nSPS) is 19.2. The Morgan fingerprint density at radius 1 is 1.18 bits per heavy atom. The smallest absolute Gasteiger partial charge is 0.319 e. The van der Waals surface area contributed by atoms with Crippen molar-refractivity contribution in [2.75, 3.05) is 11.9 Å². The van der Waals surface area contributed by atoms with Gasteiger partial charge < -0.3 is 15.4 Å². The Morgan fingerprint density at radius 3 is 2.68 bits per heavy atom. The van der Waals surface area contributed by atoms with Crippen LogP contribution >= 0.6 is 0 Å². The topological polar surface area (TPSA) is 94.0 Å². The van der Waals surface area contributed by atoms with Gasteiger partial charge in [-0.1, -0.05) is 0 Å². The highest BCUT2D eigenvalue weighted by Crippen LogP contribution is 2.28. The zero-order valence-corrected chi connectivity index (χ0v) is 15.6. The van der Waals surface area contributed by atoms with Crippen LogP contribution in [0.1, 0.15) is 24.5 Å². The third-order valence-corrected chi connectivity index (χ3v) is 4.67. The largest absolute Gasteiger partial charge is 0.371 e. The molecular weight excluding hydrogens is 356 g/mol. The Morgan fingerprint density at radius 2 is 1.96 bits per heavy atom. The molecule has 3 heterocycles. The zero-order chi connectivity index (χ0) is 19.3. The minimum Gasteiger partial charge on any atom is -0.371 e. The summed E-state index contributed by atoms with van der Waals surface area (Å²) in [5.74, 6) is 0.651. The predicted molar refractivity (Wildman–Crippen MR) is 105 cm³/mol. The second kappa shape index (κ2) is 8.18. The molecule has 8 heteroatoms. The summed E-state index contributed by atoms with van der Waals surface area (Å²) in [5, 5.41) is 10.2. The molecule has 144 valence electrons. The van der Waals surface area contributed by atoms with Gasteiger partial charge in [0.25, 0.3) is 0 Å². The lowest BCUT2D eigenvalue weighted by atomic mass is 9.97. The monoisotopic (exact) mass is 378 g/mol. The summed E-state index contributed by atoms with van der Waals surface area (Å²) in [4.78, 5) is 20.8. The van der Waals surface area contributed by atoms with Crippen LogP contribution in [0.2, 0.25) is 0 Å². The lowest BCUT2D eigenvalue weighted by molar-refractivity contribution is -0.00701. The van der Waals surface area contributed by atoms with Crippen LogP contribution in [0.5, 0.6) is 0 Å². The van der Waals surface area contributed by atoms with Gasteiger partial charge in [0, 0.05) is 37.3 Å². The van der Waals surface area contributed by atoms with Crippen molar-refractivity contribution in [3.63, 3.8) is 0 Å². The van der Waals surface area contributed by atoms with E-state index in [9.17, 15) is 4.79 Å². The Balaban J connectivity index is 1.39. The second-order valence-electron chi connectivity index (χ2n) is 6.74. The molecule has 0 aliphatic carbocycles. The number of hydrogen-bond donors (Lipinski definition) is 2. The van der Waals surface area contributed by atoms with Crippen molar-refractivity contribution in [3.05, 3.63) is 60.7 Å². The van der Waals surface area contributed by atoms with Crippen molar-refractivity contribution in [2.24, 2.45) is 7.05 Å². The molecule has 0 saturated carbocycles. The van der Waals surface area contributed by atoms with E-state index in [1.807, 2.05) is 43.4 Å². The molecule has 1 fully saturated rings. The van der Waals surface area contributed by atoms with Crippen molar-refractivity contribution < 1.29 is 9.53 Å². The van der Waals surface area contributed by atoms with Gasteiger partial charge in [-0.3, -0.25) is 9.67 Å². The maximum absolute atomic E-state index is 12.5. The molecule has 1 saturated heterocycles. The van der Waals surface area contributed by atoms with E-state index in [1.54, 1.807) is 23.4 Å². The zero-order valence-electron chi connectivity index (χ0n) is 15.6. The fourth-order valence-electron chi connectivity index (χ4n) is 3.32. The van der Waals surface area contributed by atoms with E-state index in [4.69, 9.17) is 4.74 Å². The minimum absolute atomic E-state index is 0.0897. The Hall–Kier alpha value is -3.26.